The molecule has 0 saturated carbocycles. The molecule has 1 heteroatoms. The highest BCUT2D eigenvalue weighted by molar-refractivity contribution is 6.33. The summed E-state index contributed by atoms with van der Waals surface area (Å²) in [5.41, 5.74) is 8.77. The first kappa shape index (κ1) is 29.8. The van der Waals surface area contributed by atoms with Gasteiger partial charge >= 0.3 is 0 Å². The van der Waals surface area contributed by atoms with E-state index < -0.39 is 0 Å². The summed E-state index contributed by atoms with van der Waals surface area (Å²) in [5.74, 6) is 0. The molecule has 0 N–H and O–H groups in total. The van der Waals surface area contributed by atoms with E-state index in [-0.39, 0.29) is 0 Å². The van der Waals surface area contributed by atoms with Crippen molar-refractivity contribution < 1.29 is 0 Å². The van der Waals surface area contributed by atoms with Gasteiger partial charge in [0.1, 0.15) is 0 Å². The maximum absolute atomic E-state index is 2.52. The van der Waals surface area contributed by atoms with Gasteiger partial charge in [0.2, 0.25) is 0 Å². The van der Waals surface area contributed by atoms with Crippen molar-refractivity contribution in [3.05, 3.63) is 188 Å². The highest BCUT2D eigenvalue weighted by Gasteiger charge is 2.24. The van der Waals surface area contributed by atoms with E-state index in [4.69, 9.17) is 0 Å². The number of hydrogen-bond acceptors (Lipinski definition) is 0. The number of aromatic nitrogens is 1. The average Bonchev–Trinajstić information content (AvgIpc) is 3.61. The molecule has 1 nitrogen and oxygen atoms in total. The van der Waals surface area contributed by atoms with Crippen molar-refractivity contribution in [2.45, 2.75) is 0 Å². The maximum Gasteiger partial charge on any atom is 0.0548 e. The lowest BCUT2D eigenvalue weighted by molar-refractivity contribution is 1.20. The molecule has 260 valence electrons. The molecule has 0 fully saturated rings. The Morgan fingerprint density at radius 1 is 0.211 bits per heavy atom. The van der Waals surface area contributed by atoms with Gasteiger partial charge in [-0.2, -0.15) is 0 Å². The summed E-state index contributed by atoms with van der Waals surface area (Å²) in [6.07, 6.45) is 0. The van der Waals surface area contributed by atoms with Crippen molar-refractivity contribution in [1.29, 1.82) is 0 Å². The van der Waals surface area contributed by atoms with Crippen molar-refractivity contribution in [3.63, 3.8) is 0 Å². The molecule has 14 aromatic rings. The van der Waals surface area contributed by atoms with Crippen LogP contribution in [-0.4, -0.2) is 4.57 Å². The van der Waals surface area contributed by atoms with Crippen LogP contribution in [0.4, 0.5) is 0 Å². The summed E-state index contributed by atoms with van der Waals surface area (Å²) in [6.45, 7) is 0. The molecule has 0 amide bonds. The molecule has 0 bridgehead atoms. The standard InChI is InChI=1S/C56H31N/c1-2-12-39-32(6-1)7-5-13-48(39)57-49-30-28-42(40-22-18-37-16-14-33-8-3-10-35-20-24-44(40)53(37)51(33)35)46-26-27-47-43(29-31-50(57)56(47)55(46)49)41-23-19-38-17-15-34-9-4-11-36-21-25-45(41)54(38)52(34)36/h1-31H. The molecule has 0 radical (unpaired) electrons. The third-order valence-electron chi connectivity index (χ3n) is 13.2. The Labute approximate surface area is 327 Å². The Kier molecular flexibility index (Phi) is 5.56. The van der Waals surface area contributed by atoms with Crippen LogP contribution in [0, 0.1) is 0 Å². The molecule has 14 rings (SSSR count). The minimum atomic E-state index is 1.21. The lowest BCUT2D eigenvalue weighted by atomic mass is 9.86. The van der Waals surface area contributed by atoms with Gasteiger partial charge in [-0.05, 0) is 121 Å². The zero-order chi connectivity index (χ0) is 36.9. The van der Waals surface area contributed by atoms with Gasteiger partial charge in [0.05, 0.1) is 16.7 Å². The van der Waals surface area contributed by atoms with Crippen molar-refractivity contribution in [3.8, 4) is 27.9 Å². The van der Waals surface area contributed by atoms with E-state index in [1.165, 1.54) is 136 Å². The minimum absolute atomic E-state index is 1.21. The number of hydrogen-bond donors (Lipinski definition) is 0. The minimum Gasteiger partial charge on any atom is -0.309 e. The SMILES string of the molecule is c1ccc2c(-n3c4ccc(-c5ccc6ccc7cccc8ccc5c6c78)c5ccc6c(-c7ccc8ccc9cccc%10ccc7c8c9%10)ccc3c6c54)cccc2c1. The van der Waals surface area contributed by atoms with Crippen LogP contribution in [0.5, 0.6) is 0 Å². The smallest absolute Gasteiger partial charge is 0.0548 e. The van der Waals surface area contributed by atoms with Crippen LogP contribution < -0.4 is 0 Å². The first-order valence-electron chi connectivity index (χ1n) is 19.9. The quantitative estimate of drug-likeness (QED) is 0.160. The summed E-state index contributed by atoms with van der Waals surface area (Å²) >= 11 is 0. The predicted molar refractivity (Wildman–Crippen MR) is 245 cm³/mol. The molecule has 0 aliphatic heterocycles. The molecule has 0 aliphatic rings. The van der Waals surface area contributed by atoms with Crippen LogP contribution >= 0.6 is 0 Å². The molecule has 1 aromatic heterocycles. The van der Waals surface area contributed by atoms with Crippen LogP contribution in [0.15, 0.2) is 188 Å². The van der Waals surface area contributed by atoms with Crippen LogP contribution in [0.1, 0.15) is 0 Å². The Morgan fingerprint density at radius 2 is 0.561 bits per heavy atom. The number of benzene rings is 13. The topological polar surface area (TPSA) is 4.93 Å². The first-order valence-corrected chi connectivity index (χ1v) is 19.9. The van der Waals surface area contributed by atoms with Gasteiger partial charge < -0.3 is 4.57 Å². The number of nitrogens with zero attached hydrogens (tertiary/aromatic N) is 1. The third-order valence-corrected chi connectivity index (χ3v) is 13.2. The molecular formula is C56H31N. The van der Waals surface area contributed by atoms with Crippen LogP contribution in [-0.2, 0) is 0 Å². The number of rotatable bonds is 3. The fourth-order valence-corrected chi connectivity index (χ4v) is 10.8. The summed E-state index contributed by atoms with van der Waals surface area (Å²) in [5, 5.41) is 23.5. The Balaban J connectivity index is 1.11. The van der Waals surface area contributed by atoms with Gasteiger partial charge in [-0.3, -0.25) is 0 Å². The molecule has 0 saturated heterocycles. The molecule has 0 aliphatic carbocycles. The fraction of sp³-hybridized carbons (Fsp3) is 0. The zero-order valence-electron chi connectivity index (χ0n) is 30.8. The van der Waals surface area contributed by atoms with E-state index >= 15 is 0 Å². The fourth-order valence-electron chi connectivity index (χ4n) is 10.8. The van der Waals surface area contributed by atoms with Gasteiger partial charge in [0.25, 0.3) is 0 Å². The molecule has 57 heavy (non-hydrogen) atoms. The Morgan fingerprint density at radius 3 is 1.09 bits per heavy atom. The first-order chi connectivity index (χ1) is 28.3. The highest BCUT2D eigenvalue weighted by Crippen LogP contribution is 2.49. The lowest BCUT2D eigenvalue weighted by Crippen LogP contribution is -1.95. The van der Waals surface area contributed by atoms with Crippen LogP contribution in [0.2, 0.25) is 0 Å². The maximum atomic E-state index is 2.52. The van der Waals surface area contributed by atoms with Crippen molar-refractivity contribution in [1.82, 2.24) is 4.57 Å². The lowest BCUT2D eigenvalue weighted by Gasteiger charge is -2.17. The van der Waals surface area contributed by atoms with E-state index in [0.717, 1.165) is 0 Å². The van der Waals surface area contributed by atoms with Gasteiger partial charge in [0.15, 0.2) is 0 Å². The van der Waals surface area contributed by atoms with Crippen LogP contribution in [0.25, 0.3) is 136 Å². The summed E-state index contributed by atoms with van der Waals surface area (Å²) in [7, 11) is 0. The molecular weight excluding hydrogens is 687 g/mol. The van der Waals surface area contributed by atoms with Crippen molar-refractivity contribution >= 4 is 108 Å². The van der Waals surface area contributed by atoms with E-state index in [2.05, 4.69) is 193 Å². The van der Waals surface area contributed by atoms with E-state index in [1.807, 2.05) is 0 Å². The summed E-state index contributed by atoms with van der Waals surface area (Å²) in [6, 6.07) is 70.9. The normalized spacial score (nSPS) is 12.6. The predicted octanol–water partition coefficient (Wildman–Crippen LogP) is 15.7. The molecule has 13 aromatic carbocycles. The third kappa shape index (κ3) is 3.79. The van der Waals surface area contributed by atoms with Crippen molar-refractivity contribution in [2.75, 3.05) is 0 Å². The summed E-state index contributed by atoms with van der Waals surface area (Å²) < 4.78 is 2.52. The second kappa shape index (κ2) is 10.6. The Hall–Kier alpha value is -7.48. The molecule has 0 atom stereocenters. The van der Waals surface area contributed by atoms with Gasteiger partial charge in [-0.25, -0.2) is 0 Å². The van der Waals surface area contributed by atoms with Gasteiger partial charge in [-0.15, -0.1) is 0 Å². The number of fused-ring (bicyclic) bond motifs is 1. The van der Waals surface area contributed by atoms with E-state index in [0.29, 0.717) is 0 Å². The highest BCUT2D eigenvalue weighted by atomic mass is 15.0. The van der Waals surface area contributed by atoms with Crippen molar-refractivity contribution in [2.24, 2.45) is 0 Å². The second-order valence-corrected chi connectivity index (χ2v) is 15.9. The monoisotopic (exact) mass is 717 g/mol. The molecule has 1 heterocycles. The largest absolute Gasteiger partial charge is 0.309 e. The van der Waals surface area contributed by atoms with Gasteiger partial charge in [0, 0.05) is 16.2 Å². The van der Waals surface area contributed by atoms with E-state index in [9.17, 15) is 0 Å². The van der Waals surface area contributed by atoms with E-state index in [1.54, 1.807) is 0 Å². The van der Waals surface area contributed by atoms with Gasteiger partial charge in [-0.1, -0.05) is 170 Å². The molecule has 0 spiro atoms. The summed E-state index contributed by atoms with van der Waals surface area (Å²) in [4.78, 5) is 0. The zero-order valence-corrected chi connectivity index (χ0v) is 30.8. The Bertz CT molecular complexity index is 3720. The van der Waals surface area contributed by atoms with Crippen LogP contribution in [0.3, 0.4) is 0 Å². The molecule has 0 unspecified atom stereocenters. The average molecular weight is 718 g/mol. The second-order valence-electron chi connectivity index (χ2n) is 15.9.